The normalized spacial score (nSPS) is 18.2. The van der Waals surface area contributed by atoms with Crippen LogP contribution in [-0.2, 0) is 21.4 Å². The summed E-state index contributed by atoms with van der Waals surface area (Å²) in [7, 11) is -3.64. The van der Waals surface area contributed by atoms with Gasteiger partial charge in [0.1, 0.15) is 11.5 Å². The molecule has 1 saturated heterocycles. The van der Waals surface area contributed by atoms with Gasteiger partial charge in [0.25, 0.3) is 0 Å². The van der Waals surface area contributed by atoms with Gasteiger partial charge in [-0.15, -0.1) is 0 Å². The van der Waals surface area contributed by atoms with E-state index in [4.69, 9.17) is 9.15 Å². The van der Waals surface area contributed by atoms with Crippen LogP contribution in [0, 0.1) is 5.92 Å². The summed E-state index contributed by atoms with van der Waals surface area (Å²) in [6, 6.07) is 9.92. The van der Waals surface area contributed by atoms with Crippen LogP contribution in [0.2, 0.25) is 0 Å². The molecule has 2 heterocycles. The summed E-state index contributed by atoms with van der Waals surface area (Å²) in [5, 5.41) is 2.82. The maximum atomic E-state index is 12.9. The van der Waals surface area contributed by atoms with E-state index >= 15 is 0 Å². The van der Waals surface area contributed by atoms with Crippen molar-refractivity contribution in [1.82, 2.24) is 9.62 Å². The Kier molecular flexibility index (Phi) is 6.18. The number of sulfonamides is 1. The number of carbonyl (C=O) groups is 1. The number of nitrogens with one attached hydrogen (secondary N) is 1. The molecule has 0 radical (unpaired) electrons. The van der Waals surface area contributed by atoms with Gasteiger partial charge in [0, 0.05) is 13.1 Å². The summed E-state index contributed by atoms with van der Waals surface area (Å²) < 4.78 is 37.8. The zero-order valence-corrected chi connectivity index (χ0v) is 16.1. The third-order valence-electron chi connectivity index (χ3n) is 4.54. The third kappa shape index (κ3) is 4.70. The van der Waals surface area contributed by atoms with Crippen LogP contribution in [-0.4, -0.2) is 38.3 Å². The minimum Gasteiger partial charge on any atom is -0.494 e. The number of amides is 1. The second kappa shape index (κ2) is 8.58. The molecule has 2 aromatic rings. The zero-order chi connectivity index (χ0) is 19.3. The number of furan rings is 1. The second-order valence-corrected chi connectivity index (χ2v) is 8.34. The van der Waals surface area contributed by atoms with Crippen molar-refractivity contribution in [3.63, 3.8) is 0 Å². The number of ether oxygens (including phenoxy) is 1. The van der Waals surface area contributed by atoms with Gasteiger partial charge in [-0.25, -0.2) is 8.42 Å². The van der Waals surface area contributed by atoms with Crippen molar-refractivity contribution in [2.24, 2.45) is 5.92 Å². The second-order valence-electron chi connectivity index (χ2n) is 6.40. The molecular formula is C19H24N2O5S. The minimum absolute atomic E-state index is 0.155. The number of rotatable bonds is 7. The molecule has 0 aliphatic carbocycles. The van der Waals surface area contributed by atoms with Crippen LogP contribution >= 0.6 is 0 Å². The molecule has 1 aliphatic rings. The first-order chi connectivity index (χ1) is 13.0. The number of benzene rings is 1. The van der Waals surface area contributed by atoms with Gasteiger partial charge in [0.05, 0.1) is 30.2 Å². The highest BCUT2D eigenvalue weighted by atomic mass is 32.2. The zero-order valence-electron chi connectivity index (χ0n) is 15.3. The van der Waals surface area contributed by atoms with Crippen molar-refractivity contribution in [2.75, 3.05) is 19.7 Å². The van der Waals surface area contributed by atoms with Gasteiger partial charge >= 0.3 is 0 Å². The van der Waals surface area contributed by atoms with Gasteiger partial charge < -0.3 is 14.5 Å². The molecule has 1 N–H and O–H groups in total. The lowest BCUT2D eigenvalue weighted by Crippen LogP contribution is -2.45. The molecular weight excluding hydrogens is 368 g/mol. The van der Waals surface area contributed by atoms with Crippen LogP contribution in [0.4, 0.5) is 0 Å². The van der Waals surface area contributed by atoms with E-state index in [9.17, 15) is 13.2 Å². The molecule has 146 valence electrons. The summed E-state index contributed by atoms with van der Waals surface area (Å²) in [6.45, 7) is 3.29. The lowest BCUT2D eigenvalue weighted by Gasteiger charge is -2.31. The fraction of sp³-hybridized carbons (Fsp3) is 0.421. The van der Waals surface area contributed by atoms with Crippen molar-refractivity contribution >= 4 is 15.9 Å². The molecule has 0 spiro atoms. The fourth-order valence-electron chi connectivity index (χ4n) is 3.13. The highest BCUT2D eigenvalue weighted by molar-refractivity contribution is 7.89. The Morgan fingerprint density at radius 2 is 2.07 bits per heavy atom. The standard InChI is InChI=1S/C19H24N2O5S/c1-2-25-16-7-9-18(10-8-16)27(23,24)21-11-3-5-15(14-21)19(22)20-13-17-6-4-12-26-17/h4,6-10,12,15H,2-3,5,11,13-14H2,1H3,(H,20,22)/t15-/m1/s1. The Balaban J connectivity index is 1.64. The average molecular weight is 392 g/mol. The van der Waals surface area contributed by atoms with E-state index in [1.54, 1.807) is 42.7 Å². The Morgan fingerprint density at radius 1 is 1.30 bits per heavy atom. The number of piperidine rings is 1. The minimum atomic E-state index is -3.64. The number of nitrogens with zero attached hydrogens (tertiary/aromatic N) is 1. The first-order valence-corrected chi connectivity index (χ1v) is 10.5. The van der Waals surface area contributed by atoms with Crippen molar-refractivity contribution in [2.45, 2.75) is 31.2 Å². The highest BCUT2D eigenvalue weighted by Crippen LogP contribution is 2.25. The summed E-state index contributed by atoms with van der Waals surface area (Å²) in [6.07, 6.45) is 2.86. The summed E-state index contributed by atoms with van der Waals surface area (Å²) in [5.74, 6) is 0.771. The van der Waals surface area contributed by atoms with E-state index in [1.165, 1.54) is 4.31 Å². The quantitative estimate of drug-likeness (QED) is 0.782. The predicted octanol–water partition coefficient (Wildman–Crippen LogP) is 2.40. The first-order valence-electron chi connectivity index (χ1n) is 9.04. The summed E-state index contributed by atoms with van der Waals surface area (Å²) in [4.78, 5) is 12.6. The van der Waals surface area contributed by atoms with Crippen LogP contribution in [0.3, 0.4) is 0 Å². The van der Waals surface area contributed by atoms with Crippen molar-refractivity contribution in [3.8, 4) is 5.75 Å². The van der Waals surface area contributed by atoms with Gasteiger partial charge in [-0.3, -0.25) is 4.79 Å². The van der Waals surface area contributed by atoms with Crippen LogP contribution in [0.5, 0.6) is 5.75 Å². The molecule has 3 rings (SSSR count). The molecule has 0 bridgehead atoms. The Hall–Kier alpha value is -2.32. The molecule has 8 heteroatoms. The molecule has 1 aromatic heterocycles. The van der Waals surface area contributed by atoms with E-state index in [-0.39, 0.29) is 23.3 Å². The number of hydrogen-bond acceptors (Lipinski definition) is 5. The van der Waals surface area contributed by atoms with E-state index in [0.717, 1.165) is 0 Å². The first kappa shape index (κ1) is 19.4. The van der Waals surface area contributed by atoms with Crippen LogP contribution in [0.1, 0.15) is 25.5 Å². The van der Waals surface area contributed by atoms with Gasteiger partial charge in [0.15, 0.2) is 0 Å². The van der Waals surface area contributed by atoms with E-state index in [2.05, 4.69) is 5.32 Å². The highest BCUT2D eigenvalue weighted by Gasteiger charge is 2.33. The molecule has 1 aliphatic heterocycles. The summed E-state index contributed by atoms with van der Waals surface area (Å²) >= 11 is 0. The molecule has 1 atom stereocenters. The number of hydrogen-bond donors (Lipinski definition) is 1. The van der Waals surface area contributed by atoms with Gasteiger partial charge in [-0.2, -0.15) is 4.31 Å². The maximum Gasteiger partial charge on any atom is 0.243 e. The lowest BCUT2D eigenvalue weighted by molar-refractivity contribution is -0.126. The monoisotopic (exact) mass is 392 g/mol. The Bertz CT molecular complexity index is 847. The molecule has 1 fully saturated rings. The molecule has 0 saturated carbocycles. The van der Waals surface area contributed by atoms with Gasteiger partial charge in [-0.05, 0) is 56.2 Å². The van der Waals surface area contributed by atoms with Crippen molar-refractivity contribution in [1.29, 1.82) is 0 Å². The Morgan fingerprint density at radius 3 is 2.74 bits per heavy atom. The molecule has 27 heavy (non-hydrogen) atoms. The summed E-state index contributed by atoms with van der Waals surface area (Å²) in [5.41, 5.74) is 0. The topological polar surface area (TPSA) is 88.9 Å². The van der Waals surface area contributed by atoms with Gasteiger partial charge in [0.2, 0.25) is 15.9 Å². The van der Waals surface area contributed by atoms with Crippen LogP contribution in [0.15, 0.2) is 52.0 Å². The number of carbonyl (C=O) groups excluding carboxylic acids is 1. The third-order valence-corrected chi connectivity index (χ3v) is 6.42. The fourth-order valence-corrected chi connectivity index (χ4v) is 4.65. The van der Waals surface area contributed by atoms with E-state index in [1.807, 2.05) is 6.92 Å². The maximum absolute atomic E-state index is 12.9. The van der Waals surface area contributed by atoms with Crippen molar-refractivity contribution in [3.05, 3.63) is 48.4 Å². The van der Waals surface area contributed by atoms with E-state index < -0.39 is 10.0 Å². The Labute approximate surface area is 159 Å². The largest absolute Gasteiger partial charge is 0.494 e. The molecule has 1 amide bonds. The van der Waals surface area contributed by atoms with Crippen LogP contribution in [0.25, 0.3) is 0 Å². The van der Waals surface area contributed by atoms with Crippen LogP contribution < -0.4 is 10.1 Å². The lowest BCUT2D eigenvalue weighted by atomic mass is 9.99. The van der Waals surface area contributed by atoms with E-state index in [0.29, 0.717) is 44.0 Å². The predicted molar refractivity (Wildman–Crippen MR) is 99.6 cm³/mol. The SMILES string of the molecule is CCOc1ccc(S(=O)(=O)N2CCC[C@@H](C(=O)NCc3ccco3)C2)cc1. The average Bonchev–Trinajstić information content (AvgIpc) is 3.20. The van der Waals surface area contributed by atoms with Crippen molar-refractivity contribution < 1.29 is 22.4 Å². The molecule has 7 nitrogen and oxygen atoms in total. The smallest absolute Gasteiger partial charge is 0.243 e. The molecule has 1 aromatic carbocycles. The van der Waals surface area contributed by atoms with Gasteiger partial charge in [-0.1, -0.05) is 0 Å². The molecule has 0 unspecified atom stereocenters.